The fourth-order valence-corrected chi connectivity index (χ4v) is 3.15. The molecule has 1 heterocycles. The van der Waals surface area contributed by atoms with E-state index in [2.05, 4.69) is 9.71 Å². The molecule has 1 N–H and O–H groups in total. The number of rotatable bonds is 6. The highest BCUT2D eigenvalue weighted by Gasteiger charge is 2.08. The Labute approximate surface area is 98.7 Å². The number of nitrogens with one attached hydrogen (secondary N) is 1. The van der Waals surface area contributed by atoms with Gasteiger partial charge in [-0.05, 0) is 6.92 Å². The molecule has 15 heavy (non-hydrogen) atoms. The Morgan fingerprint density at radius 2 is 2.33 bits per heavy atom. The number of aromatic nitrogens is 1. The Hall–Kier alpha value is -0.170. The molecular weight excluding hydrogens is 256 g/mol. The molecule has 0 aliphatic heterocycles. The van der Waals surface area contributed by atoms with Crippen molar-refractivity contribution in [3.05, 3.63) is 16.1 Å². The monoisotopic (exact) mass is 268 g/mol. The van der Waals surface area contributed by atoms with Gasteiger partial charge in [-0.2, -0.15) is 0 Å². The number of halogens is 1. The fraction of sp³-hybridized carbons (Fsp3) is 0.625. The molecule has 0 amide bonds. The Morgan fingerprint density at radius 1 is 1.60 bits per heavy atom. The Balaban J connectivity index is 2.33. The molecule has 0 spiro atoms. The first-order valence-electron chi connectivity index (χ1n) is 4.48. The van der Waals surface area contributed by atoms with Crippen molar-refractivity contribution in [1.82, 2.24) is 9.71 Å². The summed E-state index contributed by atoms with van der Waals surface area (Å²) < 4.78 is 24.9. The van der Waals surface area contributed by atoms with Crippen molar-refractivity contribution in [3.63, 3.8) is 0 Å². The summed E-state index contributed by atoms with van der Waals surface area (Å²) in [6, 6.07) is 0. The topological polar surface area (TPSA) is 59.1 Å². The van der Waals surface area contributed by atoms with Crippen molar-refractivity contribution in [3.8, 4) is 0 Å². The zero-order valence-corrected chi connectivity index (χ0v) is 10.8. The predicted octanol–water partition coefficient (Wildman–Crippen LogP) is 1.15. The highest BCUT2D eigenvalue weighted by Crippen LogP contribution is 2.08. The van der Waals surface area contributed by atoms with Crippen LogP contribution in [0.15, 0.2) is 5.38 Å². The molecule has 1 rings (SSSR count). The van der Waals surface area contributed by atoms with Gasteiger partial charge in [-0.1, -0.05) is 0 Å². The van der Waals surface area contributed by atoms with Gasteiger partial charge < -0.3 is 0 Å². The van der Waals surface area contributed by atoms with Crippen molar-refractivity contribution in [2.75, 3.05) is 18.2 Å². The van der Waals surface area contributed by atoms with E-state index in [1.807, 2.05) is 12.3 Å². The van der Waals surface area contributed by atoms with E-state index in [0.29, 0.717) is 13.0 Å². The van der Waals surface area contributed by atoms with Gasteiger partial charge in [-0.3, -0.25) is 0 Å². The van der Waals surface area contributed by atoms with Gasteiger partial charge in [0.1, 0.15) is 0 Å². The molecule has 0 fully saturated rings. The van der Waals surface area contributed by atoms with Gasteiger partial charge in [-0.15, -0.1) is 22.9 Å². The van der Waals surface area contributed by atoms with Crippen molar-refractivity contribution in [2.24, 2.45) is 0 Å². The van der Waals surface area contributed by atoms with E-state index >= 15 is 0 Å². The minimum absolute atomic E-state index is 0.0363. The quantitative estimate of drug-likeness (QED) is 0.788. The lowest BCUT2D eigenvalue weighted by Gasteiger charge is -2.02. The third kappa shape index (κ3) is 4.92. The average Bonchev–Trinajstić information content (AvgIpc) is 2.51. The number of sulfonamides is 1. The molecule has 0 saturated carbocycles. The molecule has 86 valence electrons. The van der Waals surface area contributed by atoms with Crippen molar-refractivity contribution >= 4 is 33.0 Å². The zero-order chi connectivity index (χ0) is 11.3. The largest absolute Gasteiger partial charge is 0.247 e. The SMILES string of the molecule is Cc1csc(CCNS(=O)(=O)CCCl)n1. The first kappa shape index (κ1) is 12.9. The normalized spacial score (nSPS) is 11.9. The highest BCUT2D eigenvalue weighted by atomic mass is 35.5. The van der Waals surface area contributed by atoms with Gasteiger partial charge in [0.15, 0.2) is 0 Å². The summed E-state index contributed by atoms with van der Waals surface area (Å²) in [4.78, 5) is 4.23. The van der Waals surface area contributed by atoms with Crippen LogP contribution in [0.4, 0.5) is 0 Å². The van der Waals surface area contributed by atoms with Crippen LogP contribution in [-0.2, 0) is 16.4 Å². The molecule has 0 bridgehead atoms. The van der Waals surface area contributed by atoms with E-state index < -0.39 is 10.0 Å². The van der Waals surface area contributed by atoms with Crippen molar-refractivity contribution < 1.29 is 8.42 Å². The highest BCUT2D eigenvalue weighted by molar-refractivity contribution is 7.89. The molecular formula is C8H13ClN2O2S2. The number of aryl methyl sites for hydroxylation is 1. The van der Waals surface area contributed by atoms with E-state index in [-0.39, 0.29) is 11.6 Å². The Bertz CT molecular complexity index is 403. The lowest BCUT2D eigenvalue weighted by atomic mass is 10.4. The van der Waals surface area contributed by atoms with Gasteiger partial charge in [0, 0.05) is 29.9 Å². The molecule has 0 aliphatic rings. The number of hydrogen-bond acceptors (Lipinski definition) is 4. The summed E-state index contributed by atoms with van der Waals surface area (Å²) in [5.41, 5.74) is 0.971. The second-order valence-corrected chi connectivity index (χ2v) is 6.28. The minimum Gasteiger partial charge on any atom is -0.247 e. The van der Waals surface area contributed by atoms with Crippen LogP contribution in [0.3, 0.4) is 0 Å². The van der Waals surface area contributed by atoms with Crippen LogP contribution in [0.2, 0.25) is 0 Å². The maximum absolute atomic E-state index is 11.2. The van der Waals surface area contributed by atoms with E-state index in [4.69, 9.17) is 11.6 Å². The molecule has 0 aliphatic carbocycles. The van der Waals surface area contributed by atoms with Crippen molar-refractivity contribution in [1.29, 1.82) is 0 Å². The number of alkyl halides is 1. The maximum atomic E-state index is 11.2. The second kappa shape index (κ2) is 5.79. The lowest BCUT2D eigenvalue weighted by molar-refractivity contribution is 0.583. The van der Waals surface area contributed by atoms with Crippen LogP contribution >= 0.6 is 22.9 Å². The molecule has 0 saturated heterocycles. The van der Waals surface area contributed by atoms with E-state index in [0.717, 1.165) is 10.7 Å². The van der Waals surface area contributed by atoms with Gasteiger partial charge in [-0.25, -0.2) is 18.1 Å². The third-order valence-corrected chi connectivity index (χ3v) is 4.50. The smallest absolute Gasteiger partial charge is 0.212 e. The van der Waals surface area contributed by atoms with Gasteiger partial charge >= 0.3 is 0 Å². The summed E-state index contributed by atoms with van der Waals surface area (Å²) in [5, 5.41) is 2.89. The Kier molecular flexibility index (Phi) is 4.98. The maximum Gasteiger partial charge on any atom is 0.212 e. The van der Waals surface area contributed by atoms with Crippen LogP contribution in [-0.4, -0.2) is 31.6 Å². The van der Waals surface area contributed by atoms with Crippen LogP contribution in [0.1, 0.15) is 10.7 Å². The zero-order valence-electron chi connectivity index (χ0n) is 8.36. The molecule has 0 radical (unpaired) electrons. The molecule has 0 aromatic carbocycles. The van der Waals surface area contributed by atoms with Crippen LogP contribution in [0.25, 0.3) is 0 Å². The molecule has 1 aromatic heterocycles. The number of nitrogens with zero attached hydrogens (tertiary/aromatic N) is 1. The summed E-state index contributed by atoms with van der Waals surface area (Å²) in [5.74, 6) is 0.0805. The minimum atomic E-state index is -3.20. The van der Waals surface area contributed by atoms with Crippen LogP contribution < -0.4 is 4.72 Å². The summed E-state index contributed by atoms with van der Waals surface area (Å²) in [6.07, 6.45) is 0.625. The molecule has 0 unspecified atom stereocenters. The first-order chi connectivity index (χ1) is 7.03. The number of thiazole rings is 1. The summed E-state index contributed by atoms with van der Waals surface area (Å²) in [6.45, 7) is 2.30. The molecule has 7 heteroatoms. The van der Waals surface area contributed by atoms with E-state index in [1.165, 1.54) is 0 Å². The predicted molar refractivity (Wildman–Crippen MR) is 63.1 cm³/mol. The molecule has 1 aromatic rings. The standard InChI is InChI=1S/C8H13ClN2O2S2/c1-7-6-14-8(11-7)2-4-10-15(12,13)5-3-9/h6,10H,2-5H2,1H3. The third-order valence-electron chi connectivity index (χ3n) is 1.67. The summed E-state index contributed by atoms with van der Waals surface area (Å²) in [7, 11) is -3.20. The van der Waals surface area contributed by atoms with Gasteiger partial charge in [0.05, 0.1) is 10.8 Å². The molecule has 0 atom stereocenters. The van der Waals surface area contributed by atoms with E-state index in [1.54, 1.807) is 11.3 Å². The van der Waals surface area contributed by atoms with Gasteiger partial charge in [0.2, 0.25) is 10.0 Å². The Morgan fingerprint density at radius 3 is 2.87 bits per heavy atom. The fourth-order valence-electron chi connectivity index (χ4n) is 1.00. The van der Waals surface area contributed by atoms with Gasteiger partial charge in [0.25, 0.3) is 0 Å². The summed E-state index contributed by atoms with van der Waals surface area (Å²) >= 11 is 6.90. The lowest BCUT2D eigenvalue weighted by Crippen LogP contribution is -2.28. The van der Waals surface area contributed by atoms with Crippen LogP contribution in [0, 0.1) is 6.92 Å². The molecule has 4 nitrogen and oxygen atoms in total. The average molecular weight is 269 g/mol. The second-order valence-electron chi connectivity index (χ2n) is 3.03. The number of hydrogen-bond donors (Lipinski definition) is 1. The first-order valence-corrected chi connectivity index (χ1v) is 7.54. The van der Waals surface area contributed by atoms with Crippen molar-refractivity contribution in [2.45, 2.75) is 13.3 Å². The van der Waals surface area contributed by atoms with Crippen LogP contribution in [0.5, 0.6) is 0 Å². The van der Waals surface area contributed by atoms with E-state index in [9.17, 15) is 8.42 Å².